The summed E-state index contributed by atoms with van der Waals surface area (Å²) in [6, 6.07) is 5.41. The van der Waals surface area contributed by atoms with Gasteiger partial charge in [-0.05, 0) is 36.0 Å². The molecular formula is C16H24F3N. The minimum Gasteiger partial charge on any atom is -0.310 e. The maximum Gasteiger partial charge on any atom is 0.416 e. The van der Waals surface area contributed by atoms with E-state index < -0.39 is 11.7 Å². The molecule has 114 valence electrons. The quantitative estimate of drug-likeness (QED) is 0.800. The molecule has 1 aromatic carbocycles. The third-order valence-corrected chi connectivity index (χ3v) is 4.16. The number of nitrogens with one attached hydrogen (secondary N) is 1. The Balaban J connectivity index is 2.67. The lowest BCUT2D eigenvalue weighted by atomic mass is 9.81. The van der Waals surface area contributed by atoms with Gasteiger partial charge in [0.25, 0.3) is 0 Å². The number of hydrogen-bond donors (Lipinski definition) is 1. The fourth-order valence-electron chi connectivity index (χ4n) is 1.70. The maximum absolute atomic E-state index is 12.5. The van der Waals surface area contributed by atoms with E-state index in [1.54, 1.807) is 12.1 Å². The Bertz CT molecular complexity index is 418. The standard InChI is InChI=1S/C16H24F3N/c1-11(2)15(4,5)10-20-12(3)13-6-8-14(9-7-13)16(17,18)19/h6-9,11-12,20H,10H2,1-5H3. The van der Waals surface area contributed by atoms with Crippen LogP contribution in [0.3, 0.4) is 0 Å². The van der Waals surface area contributed by atoms with E-state index in [1.165, 1.54) is 0 Å². The van der Waals surface area contributed by atoms with Crippen molar-refractivity contribution in [3.8, 4) is 0 Å². The SMILES string of the molecule is CC(NCC(C)(C)C(C)C)c1ccc(C(F)(F)F)cc1. The molecule has 4 heteroatoms. The lowest BCUT2D eigenvalue weighted by Crippen LogP contribution is -2.34. The number of halogens is 3. The molecule has 20 heavy (non-hydrogen) atoms. The summed E-state index contributed by atoms with van der Waals surface area (Å²) >= 11 is 0. The summed E-state index contributed by atoms with van der Waals surface area (Å²) in [6.07, 6.45) is -4.27. The third-order valence-electron chi connectivity index (χ3n) is 4.16. The fraction of sp³-hybridized carbons (Fsp3) is 0.625. The van der Waals surface area contributed by atoms with Crippen LogP contribution >= 0.6 is 0 Å². The van der Waals surface area contributed by atoms with Crippen molar-refractivity contribution >= 4 is 0 Å². The molecule has 0 amide bonds. The van der Waals surface area contributed by atoms with E-state index in [0.29, 0.717) is 5.92 Å². The first kappa shape index (κ1) is 17.0. The predicted octanol–water partition coefficient (Wildman–Crippen LogP) is 5.04. The summed E-state index contributed by atoms with van der Waals surface area (Å²) in [5.74, 6) is 0.537. The van der Waals surface area contributed by atoms with Crippen LogP contribution in [-0.2, 0) is 6.18 Å². The molecule has 0 saturated heterocycles. The van der Waals surface area contributed by atoms with Gasteiger partial charge < -0.3 is 5.32 Å². The zero-order chi connectivity index (χ0) is 15.6. The van der Waals surface area contributed by atoms with Gasteiger partial charge >= 0.3 is 6.18 Å². The second kappa shape index (κ2) is 6.17. The van der Waals surface area contributed by atoms with Crippen molar-refractivity contribution in [2.45, 2.75) is 46.8 Å². The second-order valence-electron chi connectivity index (χ2n) is 6.37. The van der Waals surface area contributed by atoms with E-state index in [2.05, 4.69) is 33.0 Å². The van der Waals surface area contributed by atoms with E-state index in [0.717, 1.165) is 24.2 Å². The summed E-state index contributed by atoms with van der Waals surface area (Å²) in [6.45, 7) is 11.5. The third kappa shape index (κ3) is 4.51. The largest absolute Gasteiger partial charge is 0.416 e. The second-order valence-corrected chi connectivity index (χ2v) is 6.37. The Morgan fingerprint density at radius 1 is 1.00 bits per heavy atom. The molecule has 1 unspecified atom stereocenters. The highest BCUT2D eigenvalue weighted by Gasteiger charge is 2.30. The minimum atomic E-state index is -4.27. The van der Waals surface area contributed by atoms with Crippen LogP contribution in [0.2, 0.25) is 0 Å². The van der Waals surface area contributed by atoms with Gasteiger partial charge in [-0.3, -0.25) is 0 Å². The van der Waals surface area contributed by atoms with E-state index in [4.69, 9.17) is 0 Å². The van der Waals surface area contributed by atoms with Crippen molar-refractivity contribution in [3.05, 3.63) is 35.4 Å². The van der Waals surface area contributed by atoms with Gasteiger partial charge in [0.2, 0.25) is 0 Å². The number of hydrogen-bond acceptors (Lipinski definition) is 1. The predicted molar refractivity (Wildman–Crippen MR) is 76.5 cm³/mol. The highest BCUT2D eigenvalue weighted by atomic mass is 19.4. The van der Waals surface area contributed by atoms with Crippen molar-refractivity contribution in [2.75, 3.05) is 6.54 Å². The molecule has 0 radical (unpaired) electrons. The zero-order valence-corrected chi connectivity index (χ0v) is 12.8. The van der Waals surface area contributed by atoms with Crippen LogP contribution in [0.5, 0.6) is 0 Å². The normalized spacial score (nSPS) is 14.7. The fourth-order valence-corrected chi connectivity index (χ4v) is 1.70. The molecule has 0 aliphatic rings. The molecule has 0 fully saturated rings. The van der Waals surface area contributed by atoms with Gasteiger partial charge in [-0.2, -0.15) is 13.2 Å². The number of benzene rings is 1. The monoisotopic (exact) mass is 287 g/mol. The summed E-state index contributed by atoms with van der Waals surface area (Å²) in [5, 5.41) is 3.40. The van der Waals surface area contributed by atoms with Crippen LogP contribution in [0.15, 0.2) is 24.3 Å². The van der Waals surface area contributed by atoms with E-state index in [9.17, 15) is 13.2 Å². The molecule has 1 aromatic rings. The van der Waals surface area contributed by atoms with Crippen molar-refractivity contribution < 1.29 is 13.2 Å². The summed E-state index contributed by atoms with van der Waals surface area (Å²) in [4.78, 5) is 0. The van der Waals surface area contributed by atoms with Crippen LogP contribution in [-0.4, -0.2) is 6.54 Å². The first-order valence-electron chi connectivity index (χ1n) is 6.94. The highest BCUT2D eigenvalue weighted by Crippen LogP contribution is 2.30. The molecule has 0 bridgehead atoms. The van der Waals surface area contributed by atoms with Crippen LogP contribution in [0.25, 0.3) is 0 Å². The van der Waals surface area contributed by atoms with Crippen LogP contribution in [0, 0.1) is 11.3 Å². The molecule has 0 spiro atoms. The Kier molecular flexibility index (Phi) is 5.25. The molecule has 1 atom stereocenters. The smallest absolute Gasteiger partial charge is 0.310 e. The van der Waals surface area contributed by atoms with Crippen molar-refractivity contribution in [1.82, 2.24) is 5.32 Å². The zero-order valence-electron chi connectivity index (χ0n) is 12.8. The molecule has 0 aromatic heterocycles. The number of rotatable bonds is 5. The van der Waals surface area contributed by atoms with E-state index >= 15 is 0 Å². The Morgan fingerprint density at radius 3 is 1.90 bits per heavy atom. The van der Waals surface area contributed by atoms with E-state index in [-0.39, 0.29) is 11.5 Å². The van der Waals surface area contributed by atoms with Crippen LogP contribution < -0.4 is 5.32 Å². The van der Waals surface area contributed by atoms with Gasteiger partial charge in [-0.1, -0.05) is 39.8 Å². The molecule has 0 aliphatic carbocycles. The van der Waals surface area contributed by atoms with Gasteiger partial charge in [-0.25, -0.2) is 0 Å². The lowest BCUT2D eigenvalue weighted by Gasteiger charge is -2.31. The minimum absolute atomic E-state index is 0.0373. The van der Waals surface area contributed by atoms with Gasteiger partial charge in [0.1, 0.15) is 0 Å². The lowest BCUT2D eigenvalue weighted by molar-refractivity contribution is -0.137. The van der Waals surface area contributed by atoms with Crippen LogP contribution in [0.1, 0.15) is 51.8 Å². The first-order chi connectivity index (χ1) is 9.04. The van der Waals surface area contributed by atoms with Crippen molar-refractivity contribution in [2.24, 2.45) is 11.3 Å². The van der Waals surface area contributed by atoms with E-state index in [1.807, 2.05) is 6.92 Å². The van der Waals surface area contributed by atoms with Gasteiger partial charge in [0.05, 0.1) is 5.56 Å². The van der Waals surface area contributed by atoms with Crippen molar-refractivity contribution in [3.63, 3.8) is 0 Å². The molecule has 1 nitrogen and oxygen atoms in total. The average Bonchev–Trinajstić information content (AvgIpc) is 2.35. The summed E-state index contributed by atoms with van der Waals surface area (Å²) in [7, 11) is 0. The molecule has 0 aliphatic heterocycles. The Hall–Kier alpha value is -1.03. The topological polar surface area (TPSA) is 12.0 Å². The van der Waals surface area contributed by atoms with Gasteiger partial charge in [0, 0.05) is 12.6 Å². The van der Waals surface area contributed by atoms with Crippen molar-refractivity contribution in [1.29, 1.82) is 0 Å². The highest BCUT2D eigenvalue weighted by molar-refractivity contribution is 5.26. The maximum atomic E-state index is 12.5. The Morgan fingerprint density at radius 2 is 1.50 bits per heavy atom. The average molecular weight is 287 g/mol. The summed E-state index contributed by atoms with van der Waals surface area (Å²) < 4.78 is 37.5. The molecule has 1 N–H and O–H groups in total. The Labute approximate surface area is 119 Å². The van der Waals surface area contributed by atoms with Gasteiger partial charge in [0.15, 0.2) is 0 Å². The molecule has 0 saturated carbocycles. The first-order valence-corrected chi connectivity index (χ1v) is 6.94. The van der Waals surface area contributed by atoms with Gasteiger partial charge in [-0.15, -0.1) is 0 Å². The molecular weight excluding hydrogens is 263 g/mol. The number of alkyl halides is 3. The molecule has 1 rings (SSSR count). The summed E-state index contributed by atoms with van der Waals surface area (Å²) in [5.41, 5.74) is 0.425. The van der Waals surface area contributed by atoms with Crippen LogP contribution in [0.4, 0.5) is 13.2 Å². The molecule has 0 heterocycles.